The molecule has 0 spiro atoms. The van der Waals surface area contributed by atoms with E-state index in [0.717, 1.165) is 52.7 Å². The number of benzene rings is 1. The molecule has 0 bridgehead atoms. The first-order valence-corrected chi connectivity index (χ1v) is 10.9. The van der Waals surface area contributed by atoms with Gasteiger partial charge in [-0.05, 0) is 50.1 Å². The van der Waals surface area contributed by atoms with Gasteiger partial charge in [0, 0.05) is 13.1 Å². The lowest BCUT2D eigenvalue weighted by Gasteiger charge is -2.24. The Hall–Kier alpha value is -2.10. The van der Waals surface area contributed by atoms with Crippen molar-refractivity contribution in [1.29, 1.82) is 0 Å². The van der Waals surface area contributed by atoms with Crippen molar-refractivity contribution in [2.45, 2.75) is 27.7 Å². The van der Waals surface area contributed by atoms with E-state index in [1.165, 1.54) is 11.3 Å². The molecule has 2 aromatic heterocycles. The molecule has 3 aromatic rings. The van der Waals surface area contributed by atoms with E-state index in [0.29, 0.717) is 22.2 Å². The maximum absolute atomic E-state index is 13.3. The normalized spacial score (nSPS) is 11.4. The van der Waals surface area contributed by atoms with E-state index < -0.39 is 0 Å². The minimum absolute atomic E-state index is 0.102. The number of aryl methyl sites for hydroxylation is 2. The lowest BCUT2D eigenvalue weighted by Crippen LogP contribution is -2.38. The average Bonchev–Trinajstić information content (AvgIpc) is 3.32. The molecule has 0 aliphatic carbocycles. The van der Waals surface area contributed by atoms with E-state index in [1.54, 1.807) is 12.0 Å². The van der Waals surface area contributed by atoms with Crippen molar-refractivity contribution in [2.24, 2.45) is 0 Å². The number of methoxy groups -OCH3 is 1. The fourth-order valence-corrected chi connectivity index (χ4v) is 4.68. The largest absolute Gasteiger partial charge is 0.494 e. The molecule has 2 heterocycles. The van der Waals surface area contributed by atoms with Gasteiger partial charge in [0.25, 0.3) is 5.91 Å². The molecule has 9 heteroatoms. The topological polar surface area (TPSA) is 71.5 Å². The summed E-state index contributed by atoms with van der Waals surface area (Å²) in [5, 5.41) is 4.67. The number of anilines is 1. The fourth-order valence-electron chi connectivity index (χ4n) is 2.99. The summed E-state index contributed by atoms with van der Waals surface area (Å²) in [5.41, 5.74) is 2.56. The summed E-state index contributed by atoms with van der Waals surface area (Å²) >= 11 is 2.65. The van der Waals surface area contributed by atoms with Gasteiger partial charge in [-0.1, -0.05) is 35.7 Å². The van der Waals surface area contributed by atoms with Crippen LogP contribution in [0.3, 0.4) is 0 Å². The number of ether oxygens (including phenoxy) is 1. The molecule has 0 unspecified atom stereocenters. The predicted molar refractivity (Wildman–Crippen MR) is 115 cm³/mol. The minimum Gasteiger partial charge on any atom is -0.494 e. The first-order chi connectivity index (χ1) is 13.5. The van der Waals surface area contributed by atoms with Gasteiger partial charge in [-0.25, -0.2) is 4.98 Å². The number of amides is 1. The smallest absolute Gasteiger partial charge is 0.273 e. The van der Waals surface area contributed by atoms with Crippen LogP contribution in [0.2, 0.25) is 0 Å². The molecule has 0 saturated heterocycles. The molecule has 0 aliphatic rings. The molecule has 28 heavy (non-hydrogen) atoms. The number of carbonyl (C=O) groups is 1. The Kier molecular flexibility index (Phi) is 6.58. The Labute approximate surface area is 173 Å². The van der Waals surface area contributed by atoms with Gasteiger partial charge in [0.1, 0.15) is 16.1 Å². The van der Waals surface area contributed by atoms with Gasteiger partial charge in [0.15, 0.2) is 5.13 Å². The van der Waals surface area contributed by atoms with Crippen LogP contribution in [-0.2, 0) is 0 Å². The first-order valence-electron chi connectivity index (χ1n) is 9.27. The highest BCUT2D eigenvalue weighted by atomic mass is 32.1. The van der Waals surface area contributed by atoms with E-state index >= 15 is 0 Å². The van der Waals surface area contributed by atoms with Crippen LogP contribution in [0.1, 0.15) is 34.8 Å². The summed E-state index contributed by atoms with van der Waals surface area (Å²) < 4.78 is 10.4. The van der Waals surface area contributed by atoms with E-state index in [9.17, 15) is 4.79 Å². The van der Waals surface area contributed by atoms with Crippen LogP contribution < -0.4 is 9.64 Å². The Morgan fingerprint density at radius 2 is 1.93 bits per heavy atom. The van der Waals surface area contributed by atoms with Crippen LogP contribution >= 0.6 is 22.9 Å². The zero-order valence-electron chi connectivity index (χ0n) is 16.9. The van der Waals surface area contributed by atoms with Crippen molar-refractivity contribution in [3.05, 3.63) is 28.3 Å². The van der Waals surface area contributed by atoms with Crippen molar-refractivity contribution in [2.75, 3.05) is 38.2 Å². The number of aromatic nitrogens is 3. The molecular weight excluding hydrogens is 394 g/mol. The second-order valence-electron chi connectivity index (χ2n) is 6.43. The van der Waals surface area contributed by atoms with Gasteiger partial charge in [0.2, 0.25) is 0 Å². The molecule has 1 amide bonds. The summed E-state index contributed by atoms with van der Waals surface area (Å²) in [6, 6.07) is 3.93. The van der Waals surface area contributed by atoms with Crippen LogP contribution in [0.4, 0.5) is 5.13 Å². The number of rotatable bonds is 8. The van der Waals surface area contributed by atoms with Crippen molar-refractivity contribution in [1.82, 2.24) is 19.5 Å². The monoisotopic (exact) mass is 419 g/mol. The lowest BCUT2D eigenvalue weighted by atomic mass is 10.2. The second-order valence-corrected chi connectivity index (χ2v) is 8.16. The van der Waals surface area contributed by atoms with Gasteiger partial charge in [-0.3, -0.25) is 9.69 Å². The maximum Gasteiger partial charge on any atom is 0.273 e. The Morgan fingerprint density at radius 1 is 1.18 bits per heavy atom. The summed E-state index contributed by atoms with van der Waals surface area (Å²) in [4.78, 5) is 22.7. The molecule has 150 valence electrons. The van der Waals surface area contributed by atoms with E-state index in [1.807, 2.05) is 26.0 Å². The molecule has 0 radical (unpaired) electrons. The predicted octanol–water partition coefficient (Wildman–Crippen LogP) is 3.76. The Balaban J connectivity index is 2.03. The quantitative estimate of drug-likeness (QED) is 0.554. The number of likely N-dealkylation sites (N-methyl/N-ethyl adjacent to an activating group) is 1. The highest BCUT2D eigenvalue weighted by Gasteiger charge is 2.26. The van der Waals surface area contributed by atoms with Gasteiger partial charge < -0.3 is 9.64 Å². The fraction of sp³-hybridized carbons (Fsp3) is 0.474. The first kappa shape index (κ1) is 20.6. The Bertz CT molecular complexity index is 965. The van der Waals surface area contributed by atoms with Crippen LogP contribution in [0, 0.1) is 13.8 Å². The molecule has 0 N–H and O–H groups in total. The molecule has 1 aromatic carbocycles. The highest BCUT2D eigenvalue weighted by molar-refractivity contribution is 7.22. The maximum atomic E-state index is 13.3. The van der Waals surface area contributed by atoms with Gasteiger partial charge in [-0.2, -0.15) is 0 Å². The van der Waals surface area contributed by atoms with Crippen molar-refractivity contribution in [3.63, 3.8) is 0 Å². The number of fused-ring (bicyclic) bond motifs is 1. The number of carbonyl (C=O) groups excluding carboxylic acids is 1. The number of hydrogen-bond acceptors (Lipinski definition) is 8. The molecule has 0 atom stereocenters. The van der Waals surface area contributed by atoms with Crippen molar-refractivity contribution >= 4 is 44.1 Å². The molecule has 0 aliphatic heterocycles. The third-order valence-electron chi connectivity index (χ3n) is 4.77. The number of thiazole rings is 1. The minimum atomic E-state index is -0.102. The summed E-state index contributed by atoms with van der Waals surface area (Å²) in [6.45, 7) is 11.3. The summed E-state index contributed by atoms with van der Waals surface area (Å²) in [5.74, 6) is 0.616. The van der Waals surface area contributed by atoms with Crippen LogP contribution in [0.25, 0.3) is 10.2 Å². The lowest BCUT2D eigenvalue weighted by molar-refractivity contribution is 0.0987. The molecule has 0 fully saturated rings. The van der Waals surface area contributed by atoms with E-state index in [-0.39, 0.29) is 5.91 Å². The molecule has 3 rings (SSSR count). The van der Waals surface area contributed by atoms with E-state index in [2.05, 4.69) is 28.3 Å². The summed E-state index contributed by atoms with van der Waals surface area (Å²) in [7, 11) is 1.64. The van der Waals surface area contributed by atoms with Crippen LogP contribution in [0.15, 0.2) is 12.1 Å². The standard InChI is InChI=1S/C19H25N5O2S2/c1-6-23(7-2)10-11-24(18(25)17-13(4)21-22-28-17)19-20-15-14(26-5)9-8-12(3)16(15)27-19/h8-9H,6-7,10-11H2,1-5H3. The Morgan fingerprint density at radius 3 is 2.54 bits per heavy atom. The highest BCUT2D eigenvalue weighted by Crippen LogP contribution is 2.37. The number of hydrogen-bond donors (Lipinski definition) is 0. The molecule has 7 nitrogen and oxygen atoms in total. The zero-order valence-corrected chi connectivity index (χ0v) is 18.5. The van der Waals surface area contributed by atoms with Gasteiger partial charge >= 0.3 is 0 Å². The molecular formula is C19H25N5O2S2. The van der Waals surface area contributed by atoms with E-state index in [4.69, 9.17) is 9.72 Å². The van der Waals surface area contributed by atoms with Gasteiger partial charge in [0.05, 0.1) is 17.5 Å². The molecule has 0 saturated carbocycles. The zero-order chi connectivity index (χ0) is 20.3. The van der Waals surface area contributed by atoms with Gasteiger partial charge in [-0.15, -0.1) is 5.10 Å². The third-order valence-corrected chi connectivity index (χ3v) is 6.80. The van der Waals surface area contributed by atoms with Crippen molar-refractivity contribution in [3.8, 4) is 5.75 Å². The van der Waals surface area contributed by atoms with Crippen molar-refractivity contribution < 1.29 is 9.53 Å². The average molecular weight is 420 g/mol. The van der Waals surface area contributed by atoms with Crippen LogP contribution in [0.5, 0.6) is 5.75 Å². The second kappa shape index (κ2) is 8.93. The third kappa shape index (κ3) is 4.01. The SMILES string of the molecule is CCN(CC)CCN(C(=O)c1snnc1C)c1nc2c(OC)ccc(C)c2s1. The number of nitrogens with zero attached hydrogens (tertiary/aromatic N) is 5. The summed E-state index contributed by atoms with van der Waals surface area (Å²) in [6.07, 6.45) is 0. The van der Waals surface area contributed by atoms with Crippen LogP contribution in [-0.4, -0.2) is 58.7 Å².